The Kier molecular flexibility index (Phi) is 3.58. The number of rotatable bonds is 2. The number of hydrogen-bond acceptors (Lipinski definition) is 3. The van der Waals surface area contributed by atoms with Crippen molar-refractivity contribution in [1.82, 2.24) is 0 Å². The van der Waals surface area contributed by atoms with Crippen LogP contribution in [0.3, 0.4) is 0 Å². The van der Waals surface area contributed by atoms with E-state index < -0.39 is 4.87 Å². The molecule has 23 heavy (non-hydrogen) atoms. The Bertz CT molecular complexity index is 821. The molecule has 1 atom stereocenters. The largest absolute Gasteiger partial charge is 0.304 e. The number of carbonyl (C=O) groups is 1. The minimum Gasteiger partial charge on any atom is -0.304 e. The van der Waals surface area contributed by atoms with Gasteiger partial charge in [-0.2, -0.15) is 0 Å². The molecule has 0 saturated carbocycles. The Morgan fingerprint density at radius 3 is 2.74 bits per heavy atom. The molecule has 0 aromatic heterocycles. The molecule has 0 radical (unpaired) electrons. The average Bonchev–Trinajstić information content (AvgIpc) is 3.04. The minimum atomic E-state index is -0.794. The zero-order chi connectivity index (χ0) is 16.0. The van der Waals surface area contributed by atoms with Gasteiger partial charge in [0.25, 0.3) is 5.91 Å². The van der Waals surface area contributed by atoms with E-state index in [0.29, 0.717) is 6.54 Å². The smallest absolute Gasteiger partial charge is 0.270 e. The summed E-state index contributed by atoms with van der Waals surface area (Å²) in [5, 5.41) is 0. The maximum absolute atomic E-state index is 13.2. The summed E-state index contributed by atoms with van der Waals surface area (Å²) in [6, 6.07) is 16.1. The fourth-order valence-corrected chi connectivity index (χ4v) is 4.75. The van der Waals surface area contributed by atoms with Crippen LogP contribution in [0.4, 0.5) is 5.69 Å². The molecule has 1 spiro atoms. The van der Waals surface area contributed by atoms with Gasteiger partial charge in [-0.3, -0.25) is 9.79 Å². The van der Waals surface area contributed by atoms with Crippen LogP contribution in [0.25, 0.3) is 0 Å². The van der Waals surface area contributed by atoms with Gasteiger partial charge in [0, 0.05) is 21.5 Å². The Balaban J connectivity index is 1.82. The molecule has 2 heterocycles. The normalized spacial score (nSPS) is 22.6. The molecule has 1 unspecified atom stereocenters. The second-order valence-corrected chi connectivity index (χ2v) is 7.90. The number of carbonyl (C=O) groups excluding carboxylic acids is 1. The van der Waals surface area contributed by atoms with Crippen molar-refractivity contribution in [2.45, 2.75) is 18.3 Å². The first-order valence-corrected chi connectivity index (χ1v) is 9.23. The first-order chi connectivity index (χ1) is 11.1. The highest BCUT2D eigenvalue weighted by molar-refractivity contribution is 9.10. The van der Waals surface area contributed by atoms with E-state index in [9.17, 15) is 4.79 Å². The van der Waals surface area contributed by atoms with Crippen LogP contribution in [-0.2, 0) is 16.2 Å². The van der Waals surface area contributed by atoms with Crippen molar-refractivity contribution in [3.63, 3.8) is 0 Å². The fourth-order valence-electron chi connectivity index (χ4n) is 3.14. The van der Waals surface area contributed by atoms with Crippen molar-refractivity contribution >= 4 is 45.0 Å². The summed E-state index contributed by atoms with van der Waals surface area (Å²) in [6.07, 6.45) is 0. The Hall–Kier alpha value is -1.59. The maximum atomic E-state index is 13.2. The van der Waals surface area contributed by atoms with E-state index >= 15 is 0 Å². The van der Waals surface area contributed by atoms with E-state index in [1.165, 1.54) is 0 Å². The Morgan fingerprint density at radius 2 is 2.04 bits per heavy atom. The molecule has 116 valence electrons. The molecule has 2 aromatic carbocycles. The first kappa shape index (κ1) is 15.0. The summed E-state index contributed by atoms with van der Waals surface area (Å²) >= 11 is 5.15. The quantitative estimate of drug-likeness (QED) is 0.767. The number of anilines is 1. The Morgan fingerprint density at radius 1 is 1.26 bits per heavy atom. The van der Waals surface area contributed by atoms with Crippen LogP contribution in [-0.4, -0.2) is 17.4 Å². The molecule has 2 aliphatic heterocycles. The van der Waals surface area contributed by atoms with E-state index in [1.54, 1.807) is 11.8 Å². The van der Waals surface area contributed by atoms with Gasteiger partial charge in [0.05, 0.1) is 12.2 Å². The predicted molar refractivity (Wildman–Crippen MR) is 99.0 cm³/mol. The van der Waals surface area contributed by atoms with Crippen molar-refractivity contribution in [3.8, 4) is 0 Å². The van der Waals surface area contributed by atoms with Gasteiger partial charge in [0.1, 0.15) is 0 Å². The number of halogens is 1. The lowest BCUT2D eigenvalue weighted by atomic mass is 10.1. The van der Waals surface area contributed by atoms with Gasteiger partial charge in [0.2, 0.25) is 4.87 Å². The molecule has 0 aliphatic carbocycles. The minimum absolute atomic E-state index is 0.0660. The summed E-state index contributed by atoms with van der Waals surface area (Å²) < 4.78 is 0.977. The SMILES string of the molecule is CC1=NC2(SC1)C(=O)N(Cc1ccccc1)c1ccc(Br)cc12. The van der Waals surface area contributed by atoms with Gasteiger partial charge in [-0.25, -0.2) is 0 Å². The highest BCUT2D eigenvalue weighted by Gasteiger charge is 2.53. The molecule has 3 nitrogen and oxygen atoms in total. The zero-order valence-electron chi connectivity index (χ0n) is 12.6. The summed E-state index contributed by atoms with van der Waals surface area (Å²) in [4.78, 5) is 19.0. The third-order valence-corrected chi connectivity index (χ3v) is 6.13. The van der Waals surface area contributed by atoms with Gasteiger partial charge in [-0.05, 0) is 30.7 Å². The molecule has 0 saturated heterocycles. The van der Waals surface area contributed by atoms with Crippen molar-refractivity contribution in [1.29, 1.82) is 0 Å². The molecule has 2 aliphatic rings. The number of thioether (sulfide) groups is 1. The molecule has 0 fully saturated rings. The molecule has 0 N–H and O–H groups in total. The Labute approximate surface area is 147 Å². The number of fused-ring (bicyclic) bond motifs is 2. The molecule has 5 heteroatoms. The third kappa shape index (κ3) is 2.34. The van der Waals surface area contributed by atoms with E-state index in [0.717, 1.165) is 32.8 Å². The van der Waals surface area contributed by atoms with E-state index in [4.69, 9.17) is 4.99 Å². The number of nitrogens with zero attached hydrogens (tertiary/aromatic N) is 2. The zero-order valence-corrected chi connectivity index (χ0v) is 15.0. The third-order valence-electron chi connectivity index (χ3n) is 4.17. The monoisotopic (exact) mass is 386 g/mol. The van der Waals surface area contributed by atoms with Gasteiger partial charge in [-0.1, -0.05) is 46.3 Å². The molecular weight excluding hydrogens is 372 g/mol. The van der Waals surface area contributed by atoms with Gasteiger partial charge in [0.15, 0.2) is 0 Å². The lowest BCUT2D eigenvalue weighted by Gasteiger charge is -2.20. The van der Waals surface area contributed by atoms with Crippen LogP contribution in [0.1, 0.15) is 18.1 Å². The number of benzene rings is 2. The first-order valence-electron chi connectivity index (χ1n) is 7.45. The summed E-state index contributed by atoms with van der Waals surface area (Å²) in [5.41, 5.74) is 4.11. The van der Waals surface area contributed by atoms with Crippen LogP contribution in [0.2, 0.25) is 0 Å². The van der Waals surface area contributed by atoms with E-state index in [-0.39, 0.29) is 5.91 Å². The molecular formula is C18H15BrN2OS. The van der Waals surface area contributed by atoms with Crippen LogP contribution in [0.15, 0.2) is 58.0 Å². The van der Waals surface area contributed by atoms with Gasteiger partial charge in [-0.15, -0.1) is 11.8 Å². The van der Waals surface area contributed by atoms with Crippen molar-refractivity contribution in [2.24, 2.45) is 4.99 Å². The number of aliphatic imine (C=N–C) groups is 1. The highest BCUT2D eigenvalue weighted by atomic mass is 79.9. The van der Waals surface area contributed by atoms with Crippen molar-refractivity contribution in [2.75, 3.05) is 10.7 Å². The van der Waals surface area contributed by atoms with Crippen molar-refractivity contribution < 1.29 is 4.79 Å². The van der Waals surface area contributed by atoms with Crippen LogP contribution in [0, 0.1) is 0 Å². The highest BCUT2D eigenvalue weighted by Crippen LogP contribution is 2.53. The van der Waals surface area contributed by atoms with Crippen LogP contribution >= 0.6 is 27.7 Å². The molecule has 4 rings (SSSR count). The summed E-state index contributed by atoms with van der Waals surface area (Å²) in [7, 11) is 0. The van der Waals surface area contributed by atoms with E-state index in [1.807, 2.05) is 60.4 Å². The van der Waals surface area contributed by atoms with Gasteiger partial charge < -0.3 is 4.90 Å². The summed E-state index contributed by atoms with van der Waals surface area (Å²) in [6.45, 7) is 2.57. The standard InChI is InChI=1S/C18H15BrN2OS/c1-12-11-23-18(20-12)15-9-14(19)7-8-16(15)21(17(18)22)10-13-5-3-2-4-6-13/h2-9H,10-11H2,1H3. The second kappa shape index (κ2) is 5.49. The van der Waals surface area contributed by atoms with Crippen LogP contribution in [0.5, 0.6) is 0 Å². The fraction of sp³-hybridized carbons (Fsp3) is 0.222. The van der Waals surface area contributed by atoms with Gasteiger partial charge >= 0.3 is 0 Å². The predicted octanol–water partition coefficient (Wildman–Crippen LogP) is 4.36. The lowest BCUT2D eigenvalue weighted by Crippen LogP contribution is -2.35. The lowest BCUT2D eigenvalue weighted by molar-refractivity contribution is -0.120. The second-order valence-electron chi connectivity index (χ2n) is 5.82. The van der Waals surface area contributed by atoms with E-state index in [2.05, 4.69) is 15.9 Å². The maximum Gasteiger partial charge on any atom is 0.270 e. The molecule has 2 aromatic rings. The van der Waals surface area contributed by atoms with Crippen molar-refractivity contribution in [3.05, 3.63) is 64.1 Å². The molecule has 1 amide bonds. The summed E-state index contributed by atoms with van der Waals surface area (Å²) in [5.74, 6) is 0.868. The average molecular weight is 387 g/mol. The van der Waals surface area contributed by atoms with Crippen LogP contribution < -0.4 is 4.90 Å². The number of hydrogen-bond donors (Lipinski definition) is 0. The topological polar surface area (TPSA) is 32.7 Å². The number of amides is 1. The molecule has 0 bridgehead atoms.